The lowest BCUT2D eigenvalue weighted by Gasteiger charge is -2.21. The van der Waals surface area contributed by atoms with Gasteiger partial charge in [-0.05, 0) is 45.9 Å². The summed E-state index contributed by atoms with van der Waals surface area (Å²) in [6.07, 6.45) is 0. The Morgan fingerprint density at radius 1 is 1.16 bits per heavy atom. The first-order chi connectivity index (χ1) is 11.4. The van der Waals surface area contributed by atoms with Crippen LogP contribution in [0.5, 0.6) is 0 Å². The zero-order chi connectivity index (χ0) is 17.9. The lowest BCUT2D eigenvalue weighted by molar-refractivity contribution is 0.0507. The van der Waals surface area contributed by atoms with Gasteiger partial charge in [0.1, 0.15) is 11.3 Å². The van der Waals surface area contributed by atoms with Crippen molar-refractivity contribution in [2.75, 3.05) is 13.2 Å². The summed E-state index contributed by atoms with van der Waals surface area (Å²) in [6, 6.07) is 4.60. The highest BCUT2D eigenvalue weighted by Gasteiger charge is 2.24. The number of pyridine rings is 1. The SMILES string of the molecule is CCOC(=O)c1ccc2cc(C(=O)OCC)n([C@H](C)[C@H](C)N)c2n1.Cl. The Bertz CT molecular complexity index is 758. The zero-order valence-corrected chi connectivity index (χ0v) is 15.6. The summed E-state index contributed by atoms with van der Waals surface area (Å²) in [7, 11) is 0. The van der Waals surface area contributed by atoms with Crippen molar-refractivity contribution in [3.63, 3.8) is 0 Å². The maximum atomic E-state index is 12.3. The number of hydrogen-bond donors (Lipinski definition) is 1. The summed E-state index contributed by atoms with van der Waals surface area (Å²) >= 11 is 0. The zero-order valence-electron chi connectivity index (χ0n) is 14.8. The van der Waals surface area contributed by atoms with Crippen LogP contribution < -0.4 is 5.73 Å². The van der Waals surface area contributed by atoms with Crippen LogP contribution >= 0.6 is 12.4 Å². The second-order valence-corrected chi connectivity index (χ2v) is 5.55. The van der Waals surface area contributed by atoms with Gasteiger partial charge in [-0.15, -0.1) is 12.4 Å². The molecular weight excluding hydrogens is 346 g/mol. The summed E-state index contributed by atoms with van der Waals surface area (Å²) < 4.78 is 11.8. The molecule has 0 aliphatic rings. The number of carbonyl (C=O) groups excluding carboxylic acids is 2. The average molecular weight is 370 g/mol. The lowest BCUT2D eigenvalue weighted by atomic mass is 10.2. The van der Waals surface area contributed by atoms with Crippen LogP contribution in [0.2, 0.25) is 0 Å². The van der Waals surface area contributed by atoms with Gasteiger partial charge in [-0.1, -0.05) is 0 Å². The van der Waals surface area contributed by atoms with Gasteiger partial charge in [0.2, 0.25) is 0 Å². The fraction of sp³-hybridized carbons (Fsp3) is 0.471. The number of aromatic nitrogens is 2. The monoisotopic (exact) mass is 369 g/mol. The van der Waals surface area contributed by atoms with Crippen molar-refractivity contribution in [1.29, 1.82) is 0 Å². The quantitative estimate of drug-likeness (QED) is 0.786. The van der Waals surface area contributed by atoms with E-state index >= 15 is 0 Å². The van der Waals surface area contributed by atoms with Crippen LogP contribution in [0.1, 0.15) is 54.7 Å². The van der Waals surface area contributed by atoms with E-state index in [1.165, 1.54) is 0 Å². The maximum Gasteiger partial charge on any atom is 0.356 e. The molecule has 8 heteroatoms. The molecule has 0 bridgehead atoms. The molecule has 0 aromatic carbocycles. The fourth-order valence-electron chi connectivity index (χ4n) is 2.42. The minimum Gasteiger partial charge on any atom is -0.461 e. The van der Waals surface area contributed by atoms with Crippen molar-refractivity contribution in [3.05, 3.63) is 29.6 Å². The number of rotatable bonds is 6. The summed E-state index contributed by atoms with van der Waals surface area (Å²) in [5.74, 6) is -0.945. The van der Waals surface area contributed by atoms with Gasteiger partial charge < -0.3 is 19.8 Å². The third-order valence-electron chi connectivity index (χ3n) is 3.82. The standard InChI is InChI=1S/C17H23N3O4.ClH/c1-5-23-16(21)13-8-7-12-9-14(17(22)24-6-2)20(15(12)19-13)11(4)10(3)18;/h7-11H,5-6,18H2,1-4H3;1H/t10-,11+;/m0./s1. The van der Waals surface area contributed by atoms with Crippen LogP contribution in [-0.4, -0.2) is 40.7 Å². The van der Waals surface area contributed by atoms with E-state index in [2.05, 4.69) is 4.98 Å². The van der Waals surface area contributed by atoms with Crippen molar-refractivity contribution < 1.29 is 19.1 Å². The number of ether oxygens (including phenoxy) is 2. The van der Waals surface area contributed by atoms with Gasteiger partial charge in [-0.3, -0.25) is 0 Å². The molecule has 2 rings (SSSR count). The van der Waals surface area contributed by atoms with Gasteiger partial charge in [0.05, 0.1) is 13.2 Å². The van der Waals surface area contributed by atoms with Crippen molar-refractivity contribution in [1.82, 2.24) is 9.55 Å². The molecule has 0 unspecified atom stereocenters. The molecule has 0 aliphatic heterocycles. The molecule has 138 valence electrons. The van der Waals surface area contributed by atoms with Crippen LogP contribution in [0.25, 0.3) is 11.0 Å². The van der Waals surface area contributed by atoms with E-state index in [0.717, 1.165) is 5.39 Å². The molecule has 7 nitrogen and oxygen atoms in total. The first-order valence-corrected chi connectivity index (χ1v) is 8.02. The maximum absolute atomic E-state index is 12.3. The number of esters is 2. The van der Waals surface area contributed by atoms with Crippen LogP contribution in [-0.2, 0) is 9.47 Å². The highest BCUT2D eigenvalue weighted by Crippen LogP contribution is 2.25. The van der Waals surface area contributed by atoms with Crippen LogP contribution in [0.15, 0.2) is 18.2 Å². The number of nitrogens with zero attached hydrogens (tertiary/aromatic N) is 2. The van der Waals surface area contributed by atoms with Gasteiger partial charge >= 0.3 is 11.9 Å². The van der Waals surface area contributed by atoms with E-state index in [1.807, 2.05) is 13.8 Å². The summed E-state index contributed by atoms with van der Waals surface area (Å²) in [6.45, 7) is 7.76. The predicted octanol–water partition coefficient (Wildman–Crippen LogP) is 2.72. The molecular formula is C17H24ClN3O4. The van der Waals surface area contributed by atoms with Crippen LogP contribution in [0.4, 0.5) is 0 Å². The van der Waals surface area contributed by atoms with Gasteiger partial charge in [0, 0.05) is 17.5 Å². The Morgan fingerprint density at radius 3 is 2.32 bits per heavy atom. The Balaban J connectivity index is 0.00000312. The van der Waals surface area contributed by atoms with E-state index in [1.54, 1.807) is 36.6 Å². The molecule has 0 radical (unpaired) electrons. The molecule has 2 N–H and O–H groups in total. The Kier molecular flexibility index (Phi) is 7.38. The fourth-order valence-corrected chi connectivity index (χ4v) is 2.42. The summed E-state index contributed by atoms with van der Waals surface area (Å²) in [4.78, 5) is 28.6. The number of nitrogens with two attached hydrogens (primary N) is 1. The molecule has 2 heterocycles. The Hall–Kier alpha value is -2.12. The molecule has 0 saturated heterocycles. The Labute approximate surface area is 152 Å². The van der Waals surface area contributed by atoms with E-state index in [-0.39, 0.29) is 43.4 Å². The number of carbonyl (C=O) groups is 2. The molecule has 0 fully saturated rings. The van der Waals surface area contributed by atoms with Crippen molar-refractivity contribution in [3.8, 4) is 0 Å². The van der Waals surface area contributed by atoms with Crippen molar-refractivity contribution in [2.24, 2.45) is 5.73 Å². The number of halogens is 1. The molecule has 0 amide bonds. The smallest absolute Gasteiger partial charge is 0.356 e. The largest absolute Gasteiger partial charge is 0.461 e. The third-order valence-corrected chi connectivity index (χ3v) is 3.82. The second-order valence-electron chi connectivity index (χ2n) is 5.55. The van der Waals surface area contributed by atoms with Crippen LogP contribution in [0, 0.1) is 0 Å². The van der Waals surface area contributed by atoms with E-state index in [4.69, 9.17) is 15.2 Å². The minimum absolute atomic E-state index is 0. The third kappa shape index (κ3) is 4.29. The average Bonchev–Trinajstić information content (AvgIpc) is 2.92. The van der Waals surface area contributed by atoms with Gasteiger partial charge in [-0.2, -0.15) is 0 Å². The van der Waals surface area contributed by atoms with Gasteiger partial charge in [0.15, 0.2) is 5.69 Å². The molecule has 0 aliphatic carbocycles. The highest BCUT2D eigenvalue weighted by atomic mass is 35.5. The normalized spacial score (nSPS) is 13.0. The number of hydrogen-bond acceptors (Lipinski definition) is 6. The Morgan fingerprint density at radius 2 is 1.76 bits per heavy atom. The topological polar surface area (TPSA) is 96.4 Å². The molecule has 25 heavy (non-hydrogen) atoms. The summed E-state index contributed by atoms with van der Waals surface area (Å²) in [5.41, 5.74) is 7.08. The molecule has 2 aromatic rings. The highest BCUT2D eigenvalue weighted by molar-refractivity contribution is 5.96. The molecule has 2 atom stereocenters. The summed E-state index contributed by atoms with van der Waals surface area (Å²) in [5, 5.41) is 0.735. The van der Waals surface area contributed by atoms with Crippen molar-refractivity contribution >= 4 is 35.4 Å². The van der Waals surface area contributed by atoms with E-state index in [0.29, 0.717) is 11.3 Å². The van der Waals surface area contributed by atoms with E-state index in [9.17, 15) is 9.59 Å². The first-order valence-electron chi connectivity index (χ1n) is 8.02. The van der Waals surface area contributed by atoms with Crippen LogP contribution in [0.3, 0.4) is 0 Å². The molecule has 0 saturated carbocycles. The van der Waals surface area contributed by atoms with Crippen molar-refractivity contribution in [2.45, 2.75) is 39.8 Å². The number of fused-ring (bicyclic) bond motifs is 1. The molecule has 0 spiro atoms. The molecule has 2 aromatic heterocycles. The van der Waals surface area contributed by atoms with E-state index < -0.39 is 11.9 Å². The predicted molar refractivity (Wildman–Crippen MR) is 97.3 cm³/mol. The second kappa shape index (κ2) is 8.82. The van der Waals surface area contributed by atoms with Gasteiger partial charge in [-0.25, -0.2) is 14.6 Å². The van der Waals surface area contributed by atoms with Gasteiger partial charge in [0.25, 0.3) is 0 Å². The minimum atomic E-state index is -0.502. The first kappa shape index (κ1) is 20.9. The lowest BCUT2D eigenvalue weighted by Crippen LogP contribution is -2.29.